The van der Waals surface area contributed by atoms with Crippen molar-refractivity contribution >= 4 is 18.3 Å². The van der Waals surface area contributed by atoms with Crippen LogP contribution in [-0.4, -0.2) is 81.4 Å². The number of piperidine rings is 1. The molecule has 2 amide bonds. The van der Waals surface area contributed by atoms with Crippen molar-refractivity contribution in [3.05, 3.63) is 33.7 Å². The van der Waals surface area contributed by atoms with Crippen LogP contribution in [0.1, 0.15) is 56.2 Å². The Balaban J connectivity index is 0.000000821. The van der Waals surface area contributed by atoms with Crippen molar-refractivity contribution in [2.24, 2.45) is 5.92 Å². The first kappa shape index (κ1) is 23.5. The Morgan fingerprint density at radius 3 is 2.52 bits per heavy atom. The molecule has 1 aromatic rings. The summed E-state index contributed by atoms with van der Waals surface area (Å²) in [4.78, 5) is 52.8. The Hall–Kier alpha value is -2.68. The van der Waals surface area contributed by atoms with E-state index in [1.165, 1.54) is 12.8 Å². The summed E-state index contributed by atoms with van der Waals surface area (Å²) in [5.74, 6) is 0.610. The Labute approximate surface area is 193 Å². The van der Waals surface area contributed by atoms with Crippen LogP contribution in [0.4, 0.5) is 0 Å². The molecule has 4 aliphatic rings. The van der Waals surface area contributed by atoms with Gasteiger partial charge in [0.2, 0.25) is 11.8 Å². The van der Waals surface area contributed by atoms with Crippen LogP contribution >= 0.6 is 0 Å². The smallest absolute Gasteiger partial charge is 0.290 e. The number of carboxylic acid groups (broad SMARTS) is 1. The second-order valence-corrected chi connectivity index (χ2v) is 9.70. The summed E-state index contributed by atoms with van der Waals surface area (Å²) in [6.45, 7) is 6.96. The first-order valence-corrected chi connectivity index (χ1v) is 12.0. The standard InChI is InChI=1S/C23H32N4O3.CH2O2/c1-16(28)26-10-4-5-21(26)23(30)25-12-17-11-19(15-25)20-7-6-18(22(29)27(20)13-17)14-24-8-2-3-9-24;2-1-3/h6-7,17,19,21H,2-5,8-15H2,1H3;1H,(H,2,3)/t17-,19+,21-;/m0./s1. The highest BCUT2D eigenvalue weighted by molar-refractivity contribution is 5.87. The summed E-state index contributed by atoms with van der Waals surface area (Å²) in [7, 11) is 0. The zero-order valence-corrected chi connectivity index (χ0v) is 19.3. The molecule has 0 spiro atoms. The number of nitrogens with zero attached hydrogens (tertiary/aromatic N) is 4. The lowest BCUT2D eigenvalue weighted by Crippen LogP contribution is -2.54. The minimum Gasteiger partial charge on any atom is -0.483 e. The van der Waals surface area contributed by atoms with E-state index in [9.17, 15) is 14.4 Å². The van der Waals surface area contributed by atoms with Crippen molar-refractivity contribution in [3.8, 4) is 0 Å². The topological polar surface area (TPSA) is 103 Å². The minimum absolute atomic E-state index is 0.00881. The maximum absolute atomic E-state index is 13.2. The van der Waals surface area contributed by atoms with Crippen LogP contribution in [0.2, 0.25) is 0 Å². The Morgan fingerprint density at radius 1 is 1.09 bits per heavy atom. The lowest BCUT2D eigenvalue weighted by Gasteiger charge is -2.44. The molecule has 180 valence electrons. The monoisotopic (exact) mass is 458 g/mol. The summed E-state index contributed by atoms with van der Waals surface area (Å²) in [6, 6.07) is 3.84. The van der Waals surface area contributed by atoms with Crippen molar-refractivity contribution in [2.45, 2.75) is 64.1 Å². The molecule has 1 aromatic heterocycles. The molecule has 0 aromatic carbocycles. The summed E-state index contributed by atoms with van der Waals surface area (Å²) in [5.41, 5.74) is 2.14. The van der Waals surface area contributed by atoms with Gasteiger partial charge in [0.25, 0.3) is 12.0 Å². The van der Waals surface area contributed by atoms with Gasteiger partial charge in [0.15, 0.2) is 0 Å². The number of carbonyl (C=O) groups excluding carboxylic acids is 2. The average molecular weight is 459 g/mol. The molecule has 4 aliphatic heterocycles. The van der Waals surface area contributed by atoms with E-state index in [2.05, 4.69) is 11.0 Å². The van der Waals surface area contributed by atoms with Crippen molar-refractivity contribution < 1.29 is 19.5 Å². The van der Waals surface area contributed by atoms with Crippen LogP contribution in [0.5, 0.6) is 0 Å². The average Bonchev–Trinajstić information content (AvgIpc) is 3.48. The number of rotatable bonds is 3. The third-order valence-electron chi connectivity index (χ3n) is 7.53. The molecule has 3 atom stereocenters. The van der Waals surface area contributed by atoms with E-state index in [4.69, 9.17) is 9.90 Å². The van der Waals surface area contributed by atoms with Gasteiger partial charge in [-0.25, -0.2) is 0 Å². The van der Waals surface area contributed by atoms with Crippen LogP contribution in [0.3, 0.4) is 0 Å². The molecule has 0 saturated carbocycles. The molecule has 3 fully saturated rings. The Bertz CT molecular complexity index is 955. The Morgan fingerprint density at radius 2 is 1.82 bits per heavy atom. The second-order valence-electron chi connectivity index (χ2n) is 9.70. The summed E-state index contributed by atoms with van der Waals surface area (Å²) in [6.07, 6.45) is 5.15. The fourth-order valence-electron chi connectivity index (χ4n) is 6.08. The molecule has 0 radical (unpaired) electrons. The number of carbonyl (C=O) groups is 3. The van der Waals surface area contributed by atoms with Crippen LogP contribution < -0.4 is 5.56 Å². The van der Waals surface area contributed by atoms with Gasteiger partial charge in [0.1, 0.15) is 6.04 Å². The summed E-state index contributed by atoms with van der Waals surface area (Å²) < 4.78 is 1.99. The maximum Gasteiger partial charge on any atom is 0.290 e. The first-order chi connectivity index (χ1) is 15.9. The molecule has 0 unspecified atom stereocenters. The predicted octanol–water partition coefficient (Wildman–Crippen LogP) is 1.10. The van der Waals surface area contributed by atoms with Crippen molar-refractivity contribution in [1.82, 2.24) is 19.3 Å². The number of likely N-dealkylation sites (tertiary alicyclic amines) is 3. The number of aromatic nitrogens is 1. The molecule has 1 N–H and O–H groups in total. The van der Waals surface area contributed by atoms with Gasteiger partial charge in [-0.05, 0) is 57.2 Å². The van der Waals surface area contributed by atoms with E-state index >= 15 is 0 Å². The molecular formula is C24H34N4O5. The van der Waals surface area contributed by atoms with Crippen LogP contribution in [0.15, 0.2) is 16.9 Å². The maximum atomic E-state index is 13.2. The number of pyridine rings is 1. The third kappa shape index (κ3) is 4.83. The largest absolute Gasteiger partial charge is 0.483 e. The highest BCUT2D eigenvalue weighted by Gasteiger charge is 2.41. The third-order valence-corrected chi connectivity index (χ3v) is 7.53. The summed E-state index contributed by atoms with van der Waals surface area (Å²) >= 11 is 0. The van der Waals surface area contributed by atoms with E-state index in [-0.39, 0.29) is 35.8 Å². The lowest BCUT2D eigenvalue weighted by molar-refractivity contribution is -0.144. The fourth-order valence-corrected chi connectivity index (χ4v) is 6.08. The predicted molar refractivity (Wildman–Crippen MR) is 122 cm³/mol. The zero-order valence-electron chi connectivity index (χ0n) is 19.3. The van der Waals surface area contributed by atoms with Gasteiger partial charge >= 0.3 is 0 Å². The molecule has 5 heterocycles. The highest BCUT2D eigenvalue weighted by atomic mass is 16.3. The zero-order chi connectivity index (χ0) is 23.5. The van der Waals surface area contributed by atoms with Crippen molar-refractivity contribution in [1.29, 1.82) is 0 Å². The van der Waals surface area contributed by atoms with Gasteiger partial charge in [-0.15, -0.1) is 0 Å². The van der Waals surface area contributed by atoms with E-state index in [0.717, 1.165) is 50.2 Å². The SMILES string of the molecule is CC(=O)N1CCC[C@H]1C(=O)N1C[C@@H]2C[C@H](C1)c1ccc(CN3CCCC3)c(=O)n1C2.O=CO. The molecule has 9 heteroatoms. The normalized spacial score (nSPS) is 26.4. The van der Waals surface area contributed by atoms with Gasteiger partial charge in [0.05, 0.1) is 0 Å². The van der Waals surface area contributed by atoms with Gasteiger partial charge < -0.3 is 19.5 Å². The summed E-state index contributed by atoms with van der Waals surface area (Å²) in [5, 5.41) is 6.89. The Kier molecular flexibility index (Phi) is 7.17. The molecule has 2 bridgehead atoms. The van der Waals surface area contributed by atoms with Crippen LogP contribution in [0, 0.1) is 5.92 Å². The van der Waals surface area contributed by atoms with E-state index in [1.54, 1.807) is 11.8 Å². The molecule has 33 heavy (non-hydrogen) atoms. The molecular weight excluding hydrogens is 424 g/mol. The minimum atomic E-state index is -0.300. The van der Waals surface area contributed by atoms with E-state index < -0.39 is 0 Å². The van der Waals surface area contributed by atoms with Crippen molar-refractivity contribution in [2.75, 3.05) is 32.7 Å². The number of hydrogen-bond donors (Lipinski definition) is 1. The number of fused-ring (bicyclic) bond motifs is 4. The molecule has 9 nitrogen and oxygen atoms in total. The lowest BCUT2D eigenvalue weighted by atomic mass is 9.82. The quantitative estimate of drug-likeness (QED) is 0.681. The number of amides is 2. The molecule has 3 saturated heterocycles. The van der Waals surface area contributed by atoms with E-state index in [0.29, 0.717) is 32.1 Å². The van der Waals surface area contributed by atoms with Gasteiger partial charge in [-0.1, -0.05) is 6.07 Å². The van der Waals surface area contributed by atoms with Gasteiger partial charge in [-0.3, -0.25) is 24.1 Å². The molecule has 0 aliphatic carbocycles. The van der Waals surface area contributed by atoms with Gasteiger partial charge in [-0.2, -0.15) is 0 Å². The van der Waals surface area contributed by atoms with Crippen molar-refractivity contribution in [3.63, 3.8) is 0 Å². The number of hydrogen-bond acceptors (Lipinski definition) is 5. The molecule has 5 rings (SSSR count). The fraction of sp³-hybridized carbons (Fsp3) is 0.667. The van der Waals surface area contributed by atoms with Crippen LogP contribution in [0.25, 0.3) is 0 Å². The first-order valence-electron chi connectivity index (χ1n) is 12.0. The van der Waals surface area contributed by atoms with Crippen LogP contribution in [-0.2, 0) is 27.5 Å². The van der Waals surface area contributed by atoms with E-state index in [1.807, 2.05) is 15.5 Å². The van der Waals surface area contributed by atoms with Gasteiger partial charge in [0, 0.05) is 56.8 Å². The second kappa shape index (κ2) is 10.1. The highest BCUT2D eigenvalue weighted by Crippen LogP contribution is 2.36.